The summed E-state index contributed by atoms with van der Waals surface area (Å²) in [6.45, 7) is 2.61. The number of ether oxygens (including phenoxy) is 1. The Hall–Kier alpha value is -2.08. The second-order valence-corrected chi connectivity index (χ2v) is 9.34. The number of morpholine rings is 1. The Balaban J connectivity index is 1.67. The average molecular weight is 395 g/mol. The first-order valence-electron chi connectivity index (χ1n) is 7.94. The van der Waals surface area contributed by atoms with Gasteiger partial charge >= 0.3 is 0 Å². The first-order chi connectivity index (χ1) is 12.4. The molecule has 138 valence electrons. The van der Waals surface area contributed by atoms with Crippen molar-refractivity contribution in [2.24, 2.45) is 7.05 Å². The third-order valence-electron chi connectivity index (χ3n) is 4.05. The van der Waals surface area contributed by atoms with Crippen molar-refractivity contribution in [1.29, 1.82) is 0 Å². The van der Waals surface area contributed by atoms with Crippen LogP contribution in [0.2, 0.25) is 0 Å². The minimum absolute atomic E-state index is 0.176. The molecule has 1 unspecified atom stereocenters. The van der Waals surface area contributed by atoms with Gasteiger partial charge in [0.15, 0.2) is 5.82 Å². The van der Waals surface area contributed by atoms with Gasteiger partial charge in [-0.05, 0) is 19.1 Å². The average Bonchev–Trinajstić information content (AvgIpc) is 3.35. The number of nitrogens with zero attached hydrogens (tertiary/aromatic N) is 5. The molecule has 1 aliphatic rings. The van der Waals surface area contributed by atoms with Crippen LogP contribution >= 0.6 is 11.3 Å². The van der Waals surface area contributed by atoms with Gasteiger partial charge < -0.3 is 9.26 Å². The lowest BCUT2D eigenvalue weighted by atomic mass is 10.2. The van der Waals surface area contributed by atoms with Crippen LogP contribution in [0.25, 0.3) is 11.5 Å². The lowest BCUT2D eigenvalue weighted by Crippen LogP contribution is -2.43. The molecule has 0 amide bonds. The molecule has 1 aliphatic heterocycles. The summed E-state index contributed by atoms with van der Waals surface area (Å²) in [5.74, 6) is 0.573. The molecule has 26 heavy (non-hydrogen) atoms. The van der Waals surface area contributed by atoms with Crippen LogP contribution in [0, 0.1) is 6.92 Å². The van der Waals surface area contributed by atoms with Gasteiger partial charge in [0.05, 0.1) is 25.0 Å². The molecule has 4 rings (SSSR count). The van der Waals surface area contributed by atoms with Gasteiger partial charge in [0, 0.05) is 24.7 Å². The number of hydrogen-bond donors (Lipinski definition) is 0. The predicted octanol–water partition coefficient (Wildman–Crippen LogP) is 1.60. The molecule has 0 aliphatic carbocycles. The van der Waals surface area contributed by atoms with Crippen molar-refractivity contribution in [2.45, 2.75) is 17.2 Å². The van der Waals surface area contributed by atoms with E-state index >= 15 is 0 Å². The molecule has 1 atom stereocenters. The fourth-order valence-corrected chi connectivity index (χ4v) is 5.73. The molecular formula is C15H17N5O4S2. The number of rotatable bonds is 4. The molecule has 0 saturated carbocycles. The van der Waals surface area contributed by atoms with Crippen molar-refractivity contribution in [2.75, 3.05) is 19.8 Å². The summed E-state index contributed by atoms with van der Waals surface area (Å²) >= 11 is 1.24. The molecular weight excluding hydrogens is 378 g/mol. The number of hydrogen-bond acceptors (Lipinski definition) is 8. The Morgan fingerprint density at radius 2 is 2.19 bits per heavy atom. The zero-order chi connectivity index (χ0) is 18.3. The van der Waals surface area contributed by atoms with E-state index in [1.165, 1.54) is 15.6 Å². The van der Waals surface area contributed by atoms with Gasteiger partial charge in [-0.2, -0.15) is 14.4 Å². The number of aromatic nitrogens is 4. The maximum absolute atomic E-state index is 13.0. The summed E-state index contributed by atoms with van der Waals surface area (Å²) in [7, 11) is -1.87. The Morgan fingerprint density at radius 3 is 2.88 bits per heavy atom. The summed E-state index contributed by atoms with van der Waals surface area (Å²) in [4.78, 5) is 5.30. The third-order valence-corrected chi connectivity index (χ3v) is 7.43. The van der Waals surface area contributed by atoms with E-state index in [-0.39, 0.29) is 19.0 Å². The fourth-order valence-electron chi connectivity index (χ4n) is 2.76. The Bertz CT molecular complexity index is 1020. The van der Waals surface area contributed by atoms with E-state index < -0.39 is 16.1 Å². The standard InChI is InChI=1S/C15H17N5O4S2/c1-10-3-4-13(25-10)26(21,22)20-5-6-23-9-12(20)14-17-15(24-18-14)11-7-16-19(2)8-11/h3-4,7-8,12H,5-6,9H2,1-2H3. The van der Waals surface area contributed by atoms with Crippen molar-refractivity contribution in [3.8, 4) is 11.5 Å². The van der Waals surface area contributed by atoms with Crippen molar-refractivity contribution >= 4 is 21.4 Å². The van der Waals surface area contributed by atoms with Crippen LogP contribution < -0.4 is 0 Å². The van der Waals surface area contributed by atoms with Crippen LogP contribution in [0.5, 0.6) is 0 Å². The SMILES string of the molecule is Cc1ccc(S(=O)(=O)N2CCOCC2c2noc(-c3cnn(C)c3)n2)s1. The zero-order valence-electron chi connectivity index (χ0n) is 14.2. The summed E-state index contributed by atoms with van der Waals surface area (Å²) in [5.41, 5.74) is 0.672. The minimum atomic E-state index is -3.66. The van der Waals surface area contributed by atoms with Crippen molar-refractivity contribution < 1.29 is 17.7 Å². The van der Waals surface area contributed by atoms with Crippen molar-refractivity contribution in [3.05, 3.63) is 35.2 Å². The molecule has 1 saturated heterocycles. The van der Waals surface area contributed by atoms with Crippen LogP contribution in [-0.4, -0.2) is 52.4 Å². The van der Waals surface area contributed by atoms with Gasteiger partial charge in [-0.3, -0.25) is 4.68 Å². The lowest BCUT2D eigenvalue weighted by molar-refractivity contribution is 0.0283. The molecule has 0 aromatic carbocycles. The Labute approximate surface area is 154 Å². The van der Waals surface area contributed by atoms with Crippen LogP contribution in [0.15, 0.2) is 33.3 Å². The number of aryl methyl sites for hydroxylation is 2. The molecule has 3 aromatic heterocycles. The predicted molar refractivity (Wildman–Crippen MR) is 93.0 cm³/mol. The van der Waals surface area contributed by atoms with Gasteiger partial charge in [0.25, 0.3) is 15.9 Å². The molecule has 0 spiro atoms. The lowest BCUT2D eigenvalue weighted by Gasteiger charge is -2.32. The minimum Gasteiger partial charge on any atom is -0.378 e. The number of thiophene rings is 1. The molecule has 1 fully saturated rings. The summed E-state index contributed by atoms with van der Waals surface area (Å²) in [5, 5.41) is 8.05. The van der Waals surface area contributed by atoms with Crippen LogP contribution in [0.1, 0.15) is 16.7 Å². The Kier molecular flexibility index (Phi) is 4.39. The molecule has 11 heteroatoms. The van der Waals surface area contributed by atoms with E-state index in [2.05, 4.69) is 15.2 Å². The van der Waals surface area contributed by atoms with E-state index in [1.807, 2.05) is 6.92 Å². The first kappa shape index (κ1) is 17.3. The largest absolute Gasteiger partial charge is 0.378 e. The second-order valence-electron chi connectivity index (χ2n) is 5.93. The van der Waals surface area contributed by atoms with E-state index in [0.717, 1.165) is 4.88 Å². The monoisotopic (exact) mass is 395 g/mol. The van der Waals surface area contributed by atoms with Gasteiger partial charge in [0.1, 0.15) is 10.3 Å². The topological polar surface area (TPSA) is 103 Å². The molecule has 0 bridgehead atoms. The Morgan fingerprint density at radius 1 is 1.35 bits per heavy atom. The van der Waals surface area contributed by atoms with Crippen LogP contribution in [0.3, 0.4) is 0 Å². The first-order valence-corrected chi connectivity index (χ1v) is 10.2. The summed E-state index contributed by atoms with van der Waals surface area (Å²) in [6.07, 6.45) is 3.36. The normalized spacial score (nSPS) is 19.1. The van der Waals surface area contributed by atoms with E-state index in [0.29, 0.717) is 22.3 Å². The summed E-state index contributed by atoms with van der Waals surface area (Å²) in [6, 6.07) is 2.78. The van der Waals surface area contributed by atoms with Crippen molar-refractivity contribution in [1.82, 2.24) is 24.2 Å². The van der Waals surface area contributed by atoms with Gasteiger partial charge in [0.2, 0.25) is 0 Å². The second kappa shape index (κ2) is 6.58. The molecule has 0 N–H and O–H groups in total. The highest BCUT2D eigenvalue weighted by molar-refractivity contribution is 7.91. The van der Waals surface area contributed by atoms with Crippen LogP contribution in [-0.2, 0) is 21.8 Å². The molecule has 4 heterocycles. The molecule has 3 aromatic rings. The highest BCUT2D eigenvalue weighted by atomic mass is 32.2. The highest BCUT2D eigenvalue weighted by Gasteiger charge is 2.38. The summed E-state index contributed by atoms with van der Waals surface area (Å²) < 4.78 is 40.2. The van der Waals surface area contributed by atoms with Gasteiger partial charge in [-0.15, -0.1) is 11.3 Å². The van der Waals surface area contributed by atoms with E-state index in [1.54, 1.807) is 36.3 Å². The third kappa shape index (κ3) is 3.07. The molecule has 9 nitrogen and oxygen atoms in total. The van der Waals surface area contributed by atoms with Gasteiger partial charge in [-0.1, -0.05) is 5.16 Å². The van der Waals surface area contributed by atoms with E-state index in [4.69, 9.17) is 9.26 Å². The van der Waals surface area contributed by atoms with Gasteiger partial charge in [-0.25, -0.2) is 8.42 Å². The van der Waals surface area contributed by atoms with Crippen LogP contribution in [0.4, 0.5) is 0 Å². The smallest absolute Gasteiger partial charge is 0.261 e. The van der Waals surface area contributed by atoms with Crippen molar-refractivity contribution in [3.63, 3.8) is 0 Å². The van der Waals surface area contributed by atoms with E-state index in [9.17, 15) is 8.42 Å². The zero-order valence-corrected chi connectivity index (χ0v) is 15.8. The number of sulfonamides is 1. The molecule has 0 radical (unpaired) electrons. The highest BCUT2D eigenvalue weighted by Crippen LogP contribution is 2.32. The maximum atomic E-state index is 13.0. The maximum Gasteiger partial charge on any atom is 0.261 e. The quantitative estimate of drug-likeness (QED) is 0.661. The fraction of sp³-hybridized carbons (Fsp3) is 0.400.